The van der Waals surface area contributed by atoms with Gasteiger partial charge in [-0.15, -0.1) is 0 Å². The summed E-state index contributed by atoms with van der Waals surface area (Å²) in [6.07, 6.45) is 0. The molecule has 0 radical (unpaired) electrons. The van der Waals surface area contributed by atoms with Gasteiger partial charge in [0.15, 0.2) is 23.1 Å². The van der Waals surface area contributed by atoms with E-state index >= 15 is 0 Å². The molecule has 0 aliphatic carbocycles. The summed E-state index contributed by atoms with van der Waals surface area (Å²) in [5.41, 5.74) is 11.9. The predicted octanol–water partition coefficient (Wildman–Crippen LogP) is 14.0. The Balaban J connectivity index is 1.04. The first-order chi connectivity index (χ1) is 29.2. The van der Waals surface area contributed by atoms with Crippen LogP contribution in [0.1, 0.15) is 0 Å². The van der Waals surface area contributed by atoms with E-state index in [0.29, 0.717) is 23.4 Å². The van der Waals surface area contributed by atoms with E-state index in [4.69, 9.17) is 24.4 Å². The maximum atomic E-state index is 6.49. The van der Waals surface area contributed by atoms with Gasteiger partial charge in [0.05, 0.1) is 0 Å². The maximum Gasteiger partial charge on any atom is 0.227 e. The van der Waals surface area contributed by atoms with Crippen molar-refractivity contribution < 1.29 is 4.42 Å². The van der Waals surface area contributed by atoms with Crippen LogP contribution in [0.2, 0.25) is 0 Å². The van der Waals surface area contributed by atoms with E-state index in [1.807, 2.05) is 48.5 Å². The van der Waals surface area contributed by atoms with E-state index in [0.717, 1.165) is 88.3 Å². The predicted molar refractivity (Wildman–Crippen MR) is 240 cm³/mol. The number of hydrogen-bond donors (Lipinski definition) is 0. The van der Waals surface area contributed by atoms with Gasteiger partial charge in [0.2, 0.25) is 5.89 Å². The van der Waals surface area contributed by atoms with Gasteiger partial charge < -0.3 is 4.42 Å². The van der Waals surface area contributed by atoms with Crippen LogP contribution in [0.4, 0.5) is 0 Å². The average Bonchev–Trinajstić information content (AvgIpc) is 3.77. The first-order valence-electron chi connectivity index (χ1n) is 19.7. The molecule has 0 aliphatic rings. The van der Waals surface area contributed by atoms with Gasteiger partial charge in [-0.2, -0.15) is 0 Å². The second-order valence-electron chi connectivity index (χ2n) is 14.6. The van der Waals surface area contributed by atoms with Crippen LogP contribution in [-0.4, -0.2) is 19.9 Å². The normalized spacial score (nSPS) is 11.4. The van der Waals surface area contributed by atoms with Crippen LogP contribution in [0.15, 0.2) is 211 Å². The van der Waals surface area contributed by atoms with Crippen molar-refractivity contribution in [3.8, 4) is 79.0 Å². The van der Waals surface area contributed by atoms with Crippen molar-refractivity contribution in [3.05, 3.63) is 206 Å². The Labute approximate surface area is 341 Å². The summed E-state index contributed by atoms with van der Waals surface area (Å²) in [5.74, 6) is 2.43. The molecule has 5 heteroatoms. The Morgan fingerprint density at radius 1 is 0.288 bits per heavy atom. The van der Waals surface area contributed by atoms with Crippen molar-refractivity contribution in [2.75, 3.05) is 0 Å². The number of fused-ring (bicyclic) bond motifs is 4. The Bertz CT molecular complexity index is 3310. The molecule has 0 amide bonds. The standard InChI is InChI=1S/C54H34N4O/c1-4-14-36(15-5-1)45-31-29-44(34-47(45)37-16-6-2-7-17-37)53-57-51(56-52(58-53)43-28-23-35-13-10-11-20-42(35)33-43)40-26-24-38(25-27-40)46-22-12-21-39-30-32-48-50(49(39)46)59-54(55-48)41-18-8-3-9-19-41/h1-34H. The molecule has 0 saturated carbocycles. The molecular weight excluding hydrogens is 721 g/mol. The molecule has 2 aromatic heterocycles. The van der Waals surface area contributed by atoms with E-state index in [1.54, 1.807) is 0 Å². The summed E-state index contributed by atoms with van der Waals surface area (Å²) in [6, 6.07) is 71.3. The van der Waals surface area contributed by atoms with Crippen LogP contribution in [0, 0.1) is 0 Å². The van der Waals surface area contributed by atoms with E-state index in [1.165, 1.54) is 0 Å². The number of nitrogens with zero attached hydrogens (tertiary/aromatic N) is 4. The van der Waals surface area contributed by atoms with Gasteiger partial charge in [0.25, 0.3) is 0 Å². The molecule has 0 fully saturated rings. The molecular formula is C54H34N4O. The van der Waals surface area contributed by atoms with Crippen LogP contribution in [-0.2, 0) is 0 Å². The van der Waals surface area contributed by atoms with Gasteiger partial charge in [-0.3, -0.25) is 0 Å². The molecule has 9 aromatic carbocycles. The van der Waals surface area contributed by atoms with Gasteiger partial charge >= 0.3 is 0 Å². The second kappa shape index (κ2) is 14.5. The number of oxazole rings is 1. The Morgan fingerprint density at radius 2 is 0.797 bits per heavy atom. The zero-order valence-electron chi connectivity index (χ0n) is 31.8. The number of benzene rings is 9. The quantitative estimate of drug-likeness (QED) is 0.162. The average molecular weight is 755 g/mol. The molecule has 2 heterocycles. The highest BCUT2D eigenvalue weighted by atomic mass is 16.3. The molecule has 0 aliphatic heterocycles. The van der Waals surface area contributed by atoms with Crippen molar-refractivity contribution in [2.45, 2.75) is 0 Å². The summed E-state index contributed by atoms with van der Waals surface area (Å²) in [4.78, 5) is 20.3. The van der Waals surface area contributed by atoms with Gasteiger partial charge in [0, 0.05) is 27.6 Å². The molecule has 0 N–H and O–H groups in total. The third-order valence-electron chi connectivity index (χ3n) is 11.0. The first-order valence-corrected chi connectivity index (χ1v) is 19.7. The summed E-state index contributed by atoms with van der Waals surface area (Å²) in [6.45, 7) is 0. The van der Waals surface area contributed by atoms with E-state index < -0.39 is 0 Å². The third kappa shape index (κ3) is 6.41. The Hall–Kier alpha value is -8.02. The number of aromatic nitrogens is 4. The fraction of sp³-hybridized carbons (Fsp3) is 0. The van der Waals surface area contributed by atoms with Gasteiger partial charge in [0.1, 0.15) is 5.52 Å². The van der Waals surface area contributed by atoms with E-state index in [2.05, 4.69) is 158 Å². The minimum atomic E-state index is 0.598. The van der Waals surface area contributed by atoms with Crippen LogP contribution >= 0.6 is 0 Å². The van der Waals surface area contributed by atoms with E-state index in [9.17, 15) is 0 Å². The SMILES string of the molecule is c1ccc(-c2nc3ccc4cccc(-c5ccc(-c6nc(-c7ccc(-c8ccccc8)c(-c8ccccc8)c7)nc(-c7ccc8ccccc8c7)n6)cc5)c4c3o2)cc1. The Morgan fingerprint density at radius 3 is 1.51 bits per heavy atom. The number of rotatable bonds is 7. The topological polar surface area (TPSA) is 64.7 Å². The second-order valence-corrected chi connectivity index (χ2v) is 14.6. The van der Waals surface area contributed by atoms with Crippen LogP contribution in [0.25, 0.3) is 112 Å². The zero-order valence-corrected chi connectivity index (χ0v) is 31.8. The third-order valence-corrected chi connectivity index (χ3v) is 11.0. The molecule has 0 spiro atoms. The molecule has 0 atom stereocenters. The summed E-state index contributed by atoms with van der Waals surface area (Å²) >= 11 is 0. The molecule has 5 nitrogen and oxygen atoms in total. The largest absolute Gasteiger partial charge is 0.435 e. The van der Waals surface area contributed by atoms with Crippen molar-refractivity contribution in [2.24, 2.45) is 0 Å². The van der Waals surface area contributed by atoms with Gasteiger partial charge in [-0.1, -0.05) is 176 Å². The molecule has 11 rings (SSSR count). The minimum absolute atomic E-state index is 0.598. The Kier molecular flexibility index (Phi) is 8.41. The van der Waals surface area contributed by atoms with Gasteiger partial charge in [-0.05, 0) is 79.9 Å². The van der Waals surface area contributed by atoms with Crippen LogP contribution in [0.3, 0.4) is 0 Å². The lowest BCUT2D eigenvalue weighted by molar-refractivity contribution is 0.623. The first kappa shape index (κ1) is 34.2. The van der Waals surface area contributed by atoms with E-state index in [-0.39, 0.29) is 0 Å². The molecule has 276 valence electrons. The smallest absolute Gasteiger partial charge is 0.227 e. The number of hydrogen-bond acceptors (Lipinski definition) is 5. The highest BCUT2D eigenvalue weighted by molar-refractivity contribution is 6.11. The monoisotopic (exact) mass is 754 g/mol. The zero-order chi connectivity index (χ0) is 39.1. The lowest BCUT2D eigenvalue weighted by Gasteiger charge is -2.14. The molecule has 59 heavy (non-hydrogen) atoms. The van der Waals surface area contributed by atoms with Crippen LogP contribution in [0.5, 0.6) is 0 Å². The maximum absolute atomic E-state index is 6.49. The summed E-state index contributed by atoms with van der Waals surface area (Å²) < 4.78 is 6.49. The minimum Gasteiger partial charge on any atom is -0.435 e. The van der Waals surface area contributed by atoms with Crippen molar-refractivity contribution in [1.82, 2.24) is 19.9 Å². The van der Waals surface area contributed by atoms with Crippen LogP contribution < -0.4 is 0 Å². The highest BCUT2D eigenvalue weighted by Gasteiger charge is 2.18. The van der Waals surface area contributed by atoms with Crippen molar-refractivity contribution in [1.29, 1.82) is 0 Å². The van der Waals surface area contributed by atoms with Crippen molar-refractivity contribution >= 4 is 32.6 Å². The molecule has 0 bridgehead atoms. The lowest BCUT2D eigenvalue weighted by Crippen LogP contribution is -2.00. The fourth-order valence-corrected chi connectivity index (χ4v) is 8.00. The summed E-state index contributed by atoms with van der Waals surface area (Å²) in [7, 11) is 0. The molecule has 0 unspecified atom stereocenters. The van der Waals surface area contributed by atoms with Gasteiger partial charge in [-0.25, -0.2) is 19.9 Å². The highest BCUT2D eigenvalue weighted by Crippen LogP contribution is 2.39. The lowest BCUT2D eigenvalue weighted by atomic mass is 9.92. The van der Waals surface area contributed by atoms with Crippen molar-refractivity contribution in [3.63, 3.8) is 0 Å². The molecule has 0 saturated heterocycles. The fourth-order valence-electron chi connectivity index (χ4n) is 8.00. The summed E-state index contributed by atoms with van der Waals surface area (Å²) in [5, 5.41) is 4.41. The molecule has 11 aromatic rings.